The fourth-order valence-electron chi connectivity index (χ4n) is 1.31. The Morgan fingerprint density at radius 2 is 2.25 bits per heavy atom. The van der Waals surface area contributed by atoms with Gasteiger partial charge in [-0.1, -0.05) is 6.92 Å². The van der Waals surface area contributed by atoms with Gasteiger partial charge in [0.25, 0.3) is 0 Å². The smallest absolute Gasteiger partial charge is 0.341 e. The summed E-state index contributed by atoms with van der Waals surface area (Å²) in [4.78, 5) is 20.1. The first-order valence-electron chi connectivity index (χ1n) is 5.23. The second-order valence-corrected chi connectivity index (χ2v) is 4.02. The van der Waals surface area contributed by atoms with Gasteiger partial charge in [-0.2, -0.15) is 11.8 Å². The van der Waals surface area contributed by atoms with Gasteiger partial charge in [-0.15, -0.1) is 0 Å². The Bertz CT molecular complexity index is 369. The highest BCUT2D eigenvalue weighted by atomic mass is 32.2. The molecule has 16 heavy (non-hydrogen) atoms. The maximum absolute atomic E-state index is 11.6. The van der Waals surface area contributed by atoms with Gasteiger partial charge in [0.2, 0.25) is 0 Å². The van der Waals surface area contributed by atoms with Gasteiger partial charge in [0, 0.05) is 6.20 Å². The molecule has 0 fully saturated rings. The number of ether oxygens (including phenoxy) is 1. The van der Waals surface area contributed by atoms with E-state index in [1.54, 1.807) is 24.9 Å². The predicted molar refractivity (Wildman–Crippen MR) is 64.6 cm³/mol. The first-order chi connectivity index (χ1) is 7.72. The second kappa shape index (κ2) is 6.48. The summed E-state index contributed by atoms with van der Waals surface area (Å²) < 4.78 is 4.95. The number of carbonyl (C=O) groups excluding carboxylic acids is 1. The van der Waals surface area contributed by atoms with E-state index in [9.17, 15) is 4.79 Å². The fraction of sp³-hybridized carbons (Fsp3) is 0.545. The lowest BCUT2D eigenvalue weighted by molar-refractivity contribution is 0.0524. The third-order valence-corrected chi connectivity index (χ3v) is 2.57. The van der Waals surface area contributed by atoms with Crippen LogP contribution in [0.4, 0.5) is 0 Å². The molecule has 0 aliphatic carbocycles. The van der Waals surface area contributed by atoms with E-state index >= 15 is 0 Å². The lowest BCUT2D eigenvalue weighted by atomic mass is 10.2. The quantitative estimate of drug-likeness (QED) is 0.737. The molecule has 0 N–H and O–H groups in total. The number of hydrogen-bond acceptors (Lipinski definition) is 5. The van der Waals surface area contributed by atoms with Gasteiger partial charge in [0.05, 0.1) is 23.6 Å². The number of aryl methyl sites for hydroxylation is 1. The van der Waals surface area contributed by atoms with Crippen LogP contribution in [-0.4, -0.2) is 28.8 Å². The van der Waals surface area contributed by atoms with Crippen molar-refractivity contribution in [3.63, 3.8) is 0 Å². The lowest BCUT2D eigenvalue weighted by Gasteiger charge is -2.07. The van der Waals surface area contributed by atoms with Crippen LogP contribution in [0, 0.1) is 0 Å². The zero-order valence-electron chi connectivity index (χ0n) is 9.82. The summed E-state index contributed by atoms with van der Waals surface area (Å²) in [6.45, 7) is 4.12. The Kier molecular flexibility index (Phi) is 5.25. The average molecular weight is 240 g/mol. The standard InChI is InChI=1S/C11H16N2O2S/c1-4-9-8(11(14)15-5-2)6-12-10(13-9)7-16-3/h6H,4-5,7H2,1-3H3. The van der Waals surface area contributed by atoms with Crippen molar-refractivity contribution in [2.45, 2.75) is 26.0 Å². The minimum atomic E-state index is -0.338. The predicted octanol–water partition coefficient (Wildman–Crippen LogP) is 2.08. The van der Waals surface area contributed by atoms with Crippen LogP contribution in [-0.2, 0) is 16.9 Å². The maximum Gasteiger partial charge on any atom is 0.341 e. The Morgan fingerprint density at radius 1 is 1.50 bits per heavy atom. The molecule has 0 aliphatic heterocycles. The van der Waals surface area contributed by atoms with Crippen LogP contribution >= 0.6 is 11.8 Å². The monoisotopic (exact) mass is 240 g/mol. The summed E-state index contributed by atoms with van der Waals surface area (Å²) in [6, 6.07) is 0. The maximum atomic E-state index is 11.6. The highest BCUT2D eigenvalue weighted by molar-refractivity contribution is 7.97. The molecule has 0 aliphatic rings. The van der Waals surface area contributed by atoms with Crippen molar-refractivity contribution in [1.82, 2.24) is 9.97 Å². The molecular weight excluding hydrogens is 224 g/mol. The Balaban J connectivity index is 2.96. The van der Waals surface area contributed by atoms with Crippen LogP contribution in [0.3, 0.4) is 0 Å². The third-order valence-electron chi connectivity index (χ3n) is 2.02. The van der Waals surface area contributed by atoms with Gasteiger partial charge in [0.1, 0.15) is 5.82 Å². The van der Waals surface area contributed by atoms with Crippen LogP contribution in [0.15, 0.2) is 6.20 Å². The molecule has 1 aromatic rings. The Morgan fingerprint density at radius 3 is 2.81 bits per heavy atom. The molecule has 0 aromatic carbocycles. The van der Waals surface area contributed by atoms with E-state index < -0.39 is 0 Å². The highest BCUT2D eigenvalue weighted by Crippen LogP contribution is 2.11. The number of rotatable bonds is 5. The Hall–Kier alpha value is -1.10. The second-order valence-electron chi connectivity index (χ2n) is 3.15. The molecule has 0 spiro atoms. The molecule has 0 unspecified atom stereocenters. The Labute approximate surface area is 99.8 Å². The van der Waals surface area contributed by atoms with Crippen LogP contribution < -0.4 is 0 Å². The minimum Gasteiger partial charge on any atom is -0.462 e. The van der Waals surface area contributed by atoms with E-state index in [0.29, 0.717) is 18.6 Å². The lowest BCUT2D eigenvalue weighted by Crippen LogP contribution is -2.11. The van der Waals surface area contributed by atoms with E-state index in [0.717, 1.165) is 17.3 Å². The fourth-order valence-corrected chi connectivity index (χ4v) is 1.70. The van der Waals surface area contributed by atoms with E-state index in [1.807, 2.05) is 13.2 Å². The molecule has 0 saturated heterocycles. The molecule has 0 saturated carbocycles. The van der Waals surface area contributed by atoms with E-state index in [-0.39, 0.29) is 5.97 Å². The molecule has 0 radical (unpaired) electrons. The van der Waals surface area contributed by atoms with E-state index in [2.05, 4.69) is 9.97 Å². The van der Waals surface area contributed by atoms with Gasteiger partial charge < -0.3 is 4.74 Å². The first-order valence-corrected chi connectivity index (χ1v) is 6.63. The largest absolute Gasteiger partial charge is 0.462 e. The van der Waals surface area contributed by atoms with Crippen LogP contribution in [0.2, 0.25) is 0 Å². The number of thioether (sulfide) groups is 1. The number of aromatic nitrogens is 2. The molecule has 1 aromatic heterocycles. The normalized spacial score (nSPS) is 10.2. The van der Waals surface area contributed by atoms with Crippen molar-refractivity contribution in [1.29, 1.82) is 0 Å². The van der Waals surface area contributed by atoms with Crippen LogP contribution in [0.5, 0.6) is 0 Å². The van der Waals surface area contributed by atoms with Crippen molar-refractivity contribution >= 4 is 17.7 Å². The highest BCUT2D eigenvalue weighted by Gasteiger charge is 2.14. The van der Waals surface area contributed by atoms with Crippen molar-refractivity contribution in [2.24, 2.45) is 0 Å². The molecule has 1 heterocycles. The van der Waals surface area contributed by atoms with Crippen molar-refractivity contribution < 1.29 is 9.53 Å². The molecule has 1 rings (SSSR count). The van der Waals surface area contributed by atoms with Gasteiger partial charge in [0.15, 0.2) is 0 Å². The van der Waals surface area contributed by atoms with Crippen molar-refractivity contribution in [2.75, 3.05) is 12.9 Å². The molecule has 5 heteroatoms. The first kappa shape index (κ1) is 13.0. The van der Waals surface area contributed by atoms with Crippen LogP contribution in [0.25, 0.3) is 0 Å². The molecule has 0 atom stereocenters. The van der Waals surface area contributed by atoms with Gasteiger partial charge >= 0.3 is 5.97 Å². The van der Waals surface area contributed by atoms with Gasteiger partial charge in [-0.25, -0.2) is 14.8 Å². The molecular formula is C11H16N2O2S. The van der Waals surface area contributed by atoms with E-state index in [1.165, 1.54) is 0 Å². The SMILES string of the molecule is CCOC(=O)c1cnc(CSC)nc1CC. The van der Waals surface area contributed by atoms with Crippen LogP contribution in [0.1, 0.15) is 35.7 Å². The van der Waals surface area contributed by atoms with Gasteiger partial charge in [-0.05, 0) is 19.6 Å². The number of carbonyl (C=O) groups is 1. The van der Waals surface area contributed by atoms with E-state index in [4.69, 9.17) is 4.74 Å². The third kappa shape index (κ3) is 3.20. The summed E-state index contributed by atoms with van der Waals surface area (Å²) >= 11 is 1.66. The number of nitrogens with zero attached hydrogens (tertiary/aromatic N) is 2. The summed E-state index contributed by atoms with van der Waals surface area (Å²) in [6.07, 6.45) is 4.27. The molecule has 0 amide bonds. The molecule has 88 valence electrons. The van der Waals surface area contributed by atoms with Crippen molar-refractivity contribution in [3.8, 4) is 0 Å². The summed E-state index contributed by atoms with van der Waals surface area (Å²) in [7, 11) is 0. The number of esters is 1. The number of hydrogen-bond donors (Lipinski definition) is 0. The zero-order valence-corrected chi connectivity index (χ0v) is 10.6. The topological polar surface area (TPSA) is 52.1 Å². The molecule has 0 bridgehead atoms. The van der Waals surface area contributed by atoms with Gasteiger partial charge in [-0.3, -0.25) is 0 Å². The minimum absolute atomic E-state index is 0.338. The van der Waals surface area contributed by atoms with Crippen molar-refractivity contribution in [3.05, 3.63) is 23.3 Å². The summed E-state index contributed by atoms with van der Waals surface area (Å²) in [5.41, 5.74) is 1.24. The summed E-state index contributed by atoms with van der Waals surface area (Å²) in [5.74, 6) is 1.18. The summed E-state index contributed by atoms with van der Waals surface area (Å²) in [5, 5.41) is 0. The zero-order chi connectivity index (χ0) is 12.0. The average Bonchev–Trinajstić information content (AvgIpc) is 2.29. The molecule has 4 nitrogen and oxygen atoms in total.